The van der Waals surface area contributed by atoms with Crippen molar-refractivity contribution >= 4 is 11.9 Å². The van der Waals surface area contributed by atoms with E-state index in [1.165, 1.54) is 11.8 Å². The predicted octanol–water partition coefficient (Wildman–Crippen LogP) is 5.36. The van der Waals surface area contributed by atoms with Crippen LogP contribution in [-0.4, -0.2) is 77.0 Å². The molecule has 7 heteroatoms. The van der Waals surface area contributed by atoms with Gasteiger partial charge < -0.3 is 19.3 Å². The maximum absolute atomic E-state index is 12.9. The van der Waals surface area contributed by atoms with Crippen LogP contribution in [0.3, 0.4) is 0 Å². The number of rotatable bonds is 10. The van der Waals surface area contributed by atoms with Crippen LogP contribution >= 0.6 is 0 Å². The Balaban J connectivity index is 0.000000546. The molecule has 2 atom stereocenters. The van der Waals surface area contributed by atoms with Gasteiger partial charge in [-0.1, -0.05) is 66.7 Å². The maximum Gasteiger partial charge on any atom is 0.328 e. The number of aryl methyl sites for hydroxylation is 1. The topological polar surface area (TPSA) is 77.2 Å². The number of piperidine rings is 1. The number of aliphatic carboxylic acids is 1. The van der Waals surface area contributed by atoms with E-state index in [-0.39, 0.29) is 5.91 Å². The van der Waals surface area contributed by atoms with Crippen LogP contribution in [0.1, 0.15) is 50.0 Å². The second kappa shape index (κ2) is 15.4. The maximum atomic E-state index is 12.9. The van der Waals surface area contributed by atoms with Crippen molar-refractivity contribution in [3.8, 4) is 0 Å². The highest BCUT2D eigenvalue weighted by molar-refractivity contribution is 5.77. The molecule has 5 rings (SSSR count). The Bertz CT molecular complexity index is 1100. The number of carboxylic acid groups (broad SMARTS) is 1. The second-order valence-electron chi connectivity index (χ2n) is 10.8. The largest absolute Gasteiger partial charge is 0.480 e. The normalized spacial score (nSPS) is 19.0. The smallest absolute Gasteiger partial charge is 0.328 e. The van der Waals surface area contributed by atoms with E-state index in [1.54, 1.807) is 12.1 Å². The molecule has 7 nitrogen and oxygen atoms in total. The van der Waals surface area contributed by atoms with Crippen LogP contribution in [-0.2, 0) is 16.0 Å². The molecular formula is C33H43N3O4. The fourth-order valence-corrected chi connectivity index (χ4v) is 5.99. The minimum absolute atomic E-state index is 0.258. The summed E-state index contributed by atoms with van der Waals surface area (Å²) in [5.41, 5.74) is 1.21. The van der Waals surface area contributed by atoms with E-state index in [2.05, 4.69) is 28.9 Å². The Kier molecular flexibility index (Phi) is 11.4. The molecule has 1 unspecified atom stereocenters. The van der Waals surface area contributed by atoms with Gasteiger partial charge in [0.15, 0.2) is 6.04 Å². The van der Waals surface area contributed by atoms with Crippen LogP contribution in [0.15, 0.2) is 89.5 Å². The lowest BCUT2D eigenvalue weighted by Gasteiger charge is -2.39. The van der Waals surface area contributed by atoms with Gasteiger partial charge in [0.2, 0.25) is 5.91 Å². The summed E-state index contributed by atoms with van der Waals surface area (Å²) in [6.07, 6.45) is 5.91. The first-order valence-corrected chi connectivity index (χ1v) is 14.6. The third-order valence-corrected chi connectivity index (χ3v) is 8.04. The van der Waals surface area contributed by atoms with Gasteiger partial charge in [0.05, 0.1) is 6.26 Å². The number of hydrogen-bond donors (Lipinski definition) is 1. The zero-order valence-electron chi connectivity index (χ0n) is 23.6. The Morgan fingerprint density at radius 1 is 0.925 bits per heavy atom. The molecule has 1 aromatic heterocycles. The van der Waals surface area contributed by atoms with Crippen molar-refractivity contribution in [2.45, 2.75) is 51.1 Å². The van der Waals surface area contributed by atoms with Crippen LogP contribution < -0.4 is 0 Å². The highest BCUT2D eigenvalue weighted by atomic mass is 16.4. The Hall–Kier alpha value is -3.42. The molecule has 2 aromatic carbocycles. The molecule has 1 N–H and O–H groups in total. The van der Waals surface area contributed by atoms with Crippen LogP contribution in [0, 0.1) is 5.92 Å². The number of furan rings is 1. The summed E-state index contributed by atoms with van der Waals surface area (Å²) in [5.74, 6) is 0.371. The fourth-order valence-electron chi connectivity index (χ4n) is 5.99. The van der Waals surface area contributed by atoms with Crippen molar-refractivity contribution in [2.75, 3.05) is 39.3 Å². The fraction of sp³-hybridized carbons (Fsp3) is 0.455. The van der Waals surface area contributed by atoms with Crippen molar-refractivity contribution in [1.82, 2.24) is 14.7 Å². The molecular weight excluding hydrogens is 502 g/mol. The summed E-state index contributed by atoms with van der Waals surface area (Å²) < 4.78 is 5.40. The average Bonchev–Trinajstić information content (AvgIpc) is 3.68. The van der Waals surface area contributed by atoms with Gasteiger partial charge >= 0.3 is 5.97 Å². The summed E-state index contributed by atoms with van der Waals surface area (Å²) >= 11 is 0. The standard InChI is InChI=1S/C27H37N3O4.C6H6/c1-2-30(25(31)11-10-21-7-4-3-5-8-21)23-13-15-28(16-14-23)19-22-12-17-29(20-22)26(27(32)33)24-9-6-18-34-24;1-2-4-6-5-3-1/h3-9,18,22-23,26H,2,10-17,19-20H2,1H3,(H,32,33);1-6H/t22-,26?;/m0./s1. The lowest BCUT2D eigenvalue weighted by Crippen LogP contribution is -2.48. The molecule has 2 fully saturated rings. The number of hydrogen-bond acceptors (Lipinski definition) is 5. The van der Waals surface area contributed by atoms with Crippen molar-refractivity contribution < 1.29 is 19.1 Å². The molecule has 0 bridgehead atoms. The molecule has 0 aliphatic carbocycles. The monoisotopic (exact) mass is 545 g/mol. The molecule has 40 heavy (non-hydrogen) atoms. The molecule has 0 spiro atoms. The molecule has 2 aliphatic heterocycles. The van der Waals surface area contributed by atoms with Crippen molar-refractivity contribution in [2.24, 2.45) is 5.92 Å². The quantitative estimate of drug-likeness (QED) is 0.370. The number of carbonyl (C=O) groups excluding carboxylic acids is 1. The molecule has 2 aliphatic rings. The number of nitrogens with zero attached hydrogens (tertiary/aromatic N) is 3. The van der Waals surface area contributed by atoms with E-state index in [0.29, 0.717) is 24.1 Å². The summed E-state index contributed by atoms with van der Waals surface area (Å²) in [6.45, 7) is 7.36. The molecule has 1 amide bonds. The lowest BCUT2D eigenvalue weighted by molar-refractivity contribution is -0.144. The van der Waals surface area contributed by atoms with Crippen LogP contribution in [0.4, 0.5) is 0 Å². The van der Waals surface area contributed by atoms with Crippen LogP contribution in [0.25, 0.3) is 0 Å². The van der Waals surface area contributed by atoms with E-state index in [4.69, 9.17) is 4.42 Å². The number of benzene rings is 2. The molecule has 3 aromatic rings. The number of amides is 1. The van der Waals surface area contributed by atoms with Gasteiger partial charge in [0, 0.05) is 45.2 Å². The highest BCUT2D eigenvalue weighted by Gasteiger charge is 2.36. The second-order valence-corrected chi connectivity index (χ2v) is 10.8. The zero-order valence-corrected chi connectivity index (χ0v) is 23.6. The summed E-state index contributed by atoms with van der Waals surface area (Å²) in [5, 5.41) is 9.72. The van der Waals surface area contributed by atoms with Gasteiger partial charge in [-0.05, 0) is 62.8 Å². The Morgan fingerprint density at radius 2 is 1.57 bits per heavy atom. The molecule has 0 radical (unpaired) electrons. The molecule has 3 heterocycles. The zero-order chi connectivity index (χ0) is 28.2. The number of carbonyl (C=O) groups is 2. The van der Waals surface area contributed by atoms with E-state index in [1.807, 2.05) is 59.5 Å². The minimum atomic E-state index is -0.854. The van der Waals surface area contributed by atoms with Crippen LogP contribution in [0.2, 0.25) is 0 Å². The van der Waals surface area contributed by atoms with E-state index >= 15 is 0 Å². The van der Waals surface area contributed by atoms with E-state index in [9.17, 15) is 14.7 Å². The van der Waals surface area contributed by atoms with Gasteiger partial charge in [0.25, 0.3) is 0 Å². The first-order valence-electron chi connectivity index (χ1n) is 14.6. The summed E-state index contributed by atoms with van der Waals surface area (Å²) in [4.78, 5) is 31.4. The van der Waals surface area contributed by atoms with Crippen molar-refractivity contribution in [3.05, 3.63) is 96.4 Å². The average molecular weight is 546 g/mol. The van der Waals surface area contributed by atoms with Gasteiger partial charge in [-0.2, -0.15) is 0 Å². The first-order chi connectivity index (χ1) is 19.5. The van der Waals surface area contributed by atoms with Gasteiger partial charge in [-0.15, -0.1) is 0 Å². The van der Waals surface area contributed by atoms with E-state index in [0.717, 1.165) is 65.0 Å². The van der Waals surface area contributed by atoms with Gasteiger partial charge in [-0.3, -0.25) is 14.5 Å². The Labute approximate surface area is 238 Å². The summed E-state index contributed by atoms with van der Waals surface area (Å²) in [6, 6.07) is 25.3. The minimum Gasteiger partial charge on any atom is -0.480 e. The first kappa shape index (κ1) is 29.6. The van der Waals surface area contributed by atoms with Crippen molar-refractivity contribution in [3.63, 3.8) is 0 Å². The predicted molar refractivity (Wildman–Crippen MR) is 157 cm³/mol. The van der Waals surface area contributed by atoms with E-state index < -0.39 is 12.0 Å². The summed E-state index contributed by atoms with van der Waals surface area (Å²) in [7, 11) is 0. The molecule has 214 valence electrons. The third-order valence-electron chi connectivity index (χ3n) is 8.04. The third kappa shape index (κ3) is 8.54. The highest BCUT2D eigenvalue weighted by Crippen LogP contribution is 2.29. The van der Waals surface area contributed by atoms with Crippen LogP contribution in [0.5, 0.6) is 0 Å². The SMILES string of the molecule is CCN(C(=O)CCc1ccccc1)C1CCN(C[C@@H]2CCN(C(C(=O)O)c3ccco3)C2)CC1.c1ccccc1. The number of likely N-dealkylation sites (tertiary alicyclic amines) is 2. The molecule has 0 saturated carbocycles. The Morgan fingerprint density at radius 3 is 2.15 bits per heavy atom. The molecule has 2 saturated heterocycles. The van der Waals surface area contributed by atoms with Gasteiger partial charge in [-0.25, -0.2) is 0 Å². The van der Waals surface area contributed by atoms with Crippen molar-refractivity contribution in [1.29, 1.82) is 0 Å². The van der Waals surface area contributed by atoms with Gasteiger partial charge in [0.1, 0.15) is 5.76 Å². The lowest BCUT2D eigenvalue weighted by atomic mass is 10.00. The number of carboxylic acids is 1.